The first-order valence-electron chi connectivity index (χ1n) is 13.1. The van der Waals surface area contributed by atoms with Gasteiger partial charge >= 0.3 is 0 Å². The van der Waals surface area contributed by atoms with Crippen LogP contribution in [0.2, 0.25) is 0 Å². The standard InChI is InChI=1S/C32H46N2/c1-20(2)24-13-12-14-25(21(3)4)30(24)34-29-22(5)15-18-27(29)33-28-19-23(31(6,7)8)16-17-26(28)32(9,10)11/h12-14,16-17,19-22H,15,18H2,1-11H3. The minimum absolute atomic E-state index is 0.0341. The van der Waals surface area contributed by atoms with E-state index in [-0.39, 0.29) is 10.8 Å². The molecule has 0 N–H and O–H groups in total. The maximum atomic E-state index is 5.41. The van der Waals surface area contributed by atoms with E-state index in [4.69, 9.17) is 9.98 Å². The van der Waals surface area contributed by atoms with Gasteiger partial charge in [0, 0.05) is 5.92 Å². The Labute approximate surface area is 209 Å². The molecule has 1 aliphatic rings. The second-order valence-corrected chi connectivity index (χ2v) is 12.8. The molecule has 1 saturated carbocycles. The molecule has 0 spiro atoms. The van der Waals surface area contributed by atoms with Gasteiger partial charge in [-0.05, 0) is 63.8 Å². The average molecular weight is 459 g/mol. The van der Waals surface area contributed by atoms with Crippen molar-refractivity contribution in [3.8, 4) is 0 Å². The van der Waals surface area contributed by atoms with Crippen LogP contribution in [-0.4, -0.2) is 11.4 Å². The van der Waals surface area contributed by atoms with E-state index in [1.807, 2.05) is 0 Å². The molecule has 0 amide bonds. The van der Waals surface area contributed by atoms with Crippen LogP contribution in [0.15, 0.2) is 46.4 Å². The Kier molecular flexibility index (Phi) is 7.60. The molecule has 0 aliphatic heterocycles. The molecule has 1 aliphatic carbocycles. The van der Waals surface area contributed by atoms with Crippen molar-refractivity contribution in [2.24, 2.45) is 15.9 Å². The van der Waals surface area contributed by atoms with E-state index < -0.39 is 0 Å². The van der Waals surface area contributed by atoms with Crippen molar-refractivity contribution in [1.29, 1.82) is 0 Å². The van der Waals surface area contributed by atoms with Crippen molar-refractivity contribution in [2.45, 2.75) is 112 Å². The fraction of sp³-hybridized carbons (Fsp3) is 0.562. The van der Waals surface area contributed by atoms with Gasteiger partial charge in [0.2, 0.25) is 0 Å². The van der Waals surface area contributed by atoms with Crippen molar-refractivity contribution in [3.05, 3.63) is 58.7 Å². The van der Waals surface area contributed by atoms with E-state index in [9.17, 15) is 0 Å². The third-order valence-electron chi connectivity index (χ3n) is 7.08. The summed E-state index contributed by atoms with van der Waals surface area (Å²) in [6.45, 7) is 25.0. The van der Waals surface area contributed by atoms with Crippen molar-refractivity contribution in [1.82, 2.24) is 0 Å². The van der Waals surface area contributed by atoms with Gasteiger partial charge in [-0.25, -0.2) is 0 Å². The minimum atomic E-state index is 0.0341. The van der Waals surface area contributed by atoms with Crippen molar-refractivity contribution >= 4 is 22.8 Å². The quantitative estimate of drug-likeness (QED) is 0.435. The summed E-state index contributed by atoms with van der Waals surface area (Å²) >= 11 is 0. The Morgan fingerprint density at radius 2 is 1.38 bits per heavy atom. The second kappa shape index (κ2) is 9.80. The SMILES string of the molecule is CC1CCC(=Nc2cc(C(C)(C)C)ccc2C(C)(C)C)C1=Nc1c(C(C)C)cccc1C(C)C. The fourth-order valence-corrected chi connectivity index (χ4v) is 4.82. The van der Waals surface area contributed by atoms with Gasteiger partial charge in [-0.1, -0.05) is 106 Å². The molecule has 0 heterocycles. The second-order valence-electron chi connectivity index (χ2n) is 12.8. The predicted molar refractivity (Wildman–Crippen MR) is 151 cm³/mol. The summed E-state index contributed by atoms with van der Waals surface area (Å²) in [6, 6.07) is 13.6. The van der Waals surface area contributed by atoms with Gasteiger partial charge in [-0.15, -0.1) is 0 Å². The molecule has 0 radical (unpaired) electrons. The van der Waals surface area contributed by atoms with Crippen molar-refractivity contribution in [3.63, 3.8) is 0 Å². The molecule has 34 heavy (non-hydrogen) atoms. The molecule has 1 fully saturated rings. The third kappa shape index (κ3) is 5.70. The molecule has 2 nitrogen and oxygen atoms in total. The topological polar surface area (TPSA) is 24.7 Å². The molecule has 2 heteroatoms. The Balaban J connectivity index is 2.22. The molecule has 1 unspecified atom stereocenters. The summed E-state index contributed by atoms with van der Waals surface area (Å²) in [5.41, 5.74) is 10.0. The van der Waals surface area contributed by atoms with Gasteiger partial charge in [-0.2, -0.15) is 0 Å². The lowest BCUT2D eigenvalue weighted by atomic mass is 9.81. The molecular formula is C32H46N2. The molecule has 3 rings (SSSR count). The smallest absolute Gasteiger partial charge is 0.0703 e. The number of nitrogens with zero attached hydrogens (tertiary/aromatic N) is 2. The maximum absolute atomic E-state index is 5.41. The van der Waals surface area contributed by atoms with E-state index in [0.717, 1.165) is 24.2 Å². The van der Waals surface area contributed by atoms with Crippen LogP contribution in [0, 0.1) is 5.92 Å². The molecule has 2 aromatic rings. The summed E-state index contributed by atoms with van der Waals surface area (Å²) in [4.78, 5) is 10.8. The zero-order chi connectivity index (χ0) is 25.4. The number of hydrogen-bond donors (Lipinski definition) is 0. The minimum Gasteiger partial charge on any atom is -0.251 e. The van der Waals surface area contributed by atoms with Gasteiger partial charge in [0.15, 0.2) is 0 Å². The highest BCUT2D eigenvalue weighted by Crippen LogP contribution is 2.39. The highest BCUT2D eigenvalue weighted by atomic mass is 14.9. The highest BCUT2D eigenvalue weighted by Gasteiger charge is 2.28. The summed E-state index contributed by atoms with van der Waals surface area (Å²) < 4.78 is 0. The Morgan fingerprint density at radius 3 is 1.88 bits per heavy atom. The van der Waals surface area contributed by atoms with Crippen LogP contribution >= 0.6 is 0 Å². The lowest BCUT2D eigenvalue weighted by Crippen LogP contribution is -2.16. The van der Waals surface area contributed by atoms with E-state index in [1.54, 1.807) is 0 Å². The molecular weight excluding hydrogens is 412 g/mol. The molecule has 0 saturated heterocycles. The van der Waals surface area contributed by atoms with Crippen molar-refractivity contribution in [2.75, 3.05) is 0 Å². The van der Waals surface area contributed by atoms with Crippen LogP contribution in [0.1, 0.15) is 123 Å². The van der Waals surface area contributed by atoms with E-state index >= 15 is 0 Å². The van der Waals surface area contributed by atoms with Gasteiger partial charge in [0.25, 0.3) is 0 Å². The first-order chi connectivity index (χ1) is 15.7. The number of aliphatic imine (C=N–C) groups is 2. The van der Waals surface area contributed by atoms with E-state index in [2.05, 4.69) is 113 Å². The summed E-state index contributed by atoms with van der Waals surface area (Å²) in [6.07, 6.45) is 2.10. The lowest BCUT2D eigenvalue weighted by molar-refractivity contribution is 0.578. The fourth-order valence-electron chi connectivity index (χ4n) is 4.82. The van der Waals surface area contributed by atoms with Gasteiger partial charge in [0.05, 0.1) is 22.8 Å². The molecule has 0 bridgehead atoms. The number of rotatable bonds is 4. The number of hydrogen-bond acceptors (Lipinski definition) is 2. The van der Waals surface area contributed by atoms with Gasteiger partial charge in [0.1, 0.15) is 0 Å². The highest BCUT2D eigenvalue weighted by molar-refractivity contribution is 6.45. The molecule has 0 aromatic heterocycles. The molecule has 2 aromatic carbocycles. The Morgan fingerprint density at radius 1 is 0.794 bits per heavy atom. The number of para-hydroxylation sites is 1. The average Bonchev–Trinajstić information content (AvgIpc) is 3.05. The first kappa shape index (κ1) is 26.4. The maximum Gasteiger partial charge on any atom is 0.0703 e. The molecule has 184 valence electrons. The first-order valence-corrected chi connectivity index (χ1v) is 13.1. The van der Waals surface area contributed by atoms with Crippen LogP contribution in [0.5, 0.6) is 0 Å². The Bertz CT molecular complexity index is 1060. The van der Waals surface area contributed by atoms with Gasteiger partial charge in [-0.3, -0.25) is 9.98 Å². The van der Waals surface area contributed by atoms with E-state index in [0.29, 0.717) is 17.8 Å². The normalized spacial score (nSPS) is 19.7. The summed E-state index contributed by atoms with van der Waals surface area (Å²) in [5, 5.41) is 0. The zero-order valence-corrected chi connectivity index (χ0v) is 23.5. The zero-order valence-electron chi connectivity index (χ0n) is 23.5. The Hall–Kier alpha value is -2.22. The predicted octanol–water partition coefficient (Wildman–Crippen LogP) is 9.80. The van der Waals surface area contributed by atoms with Crippen LogP contribution < -0.4 is 0 Å². The third-order valence-corrected chi connectivity index (χ3v) is 7.08. The monoisotopic (exact) mass is 458 g/mol. The summed E-state index contributed by atoms with van der Waals surface area (Å²) in [7, 11) is 0. The van der Waals surface area contributed by atoms with E-state index in [1.165, 1.54) is 33.7 Å². The van der Waals surface area contributed by atoms with Crippen LogP contribution in [0.3, 0.4) is 0 Å². The number of benzene rings is 2. The summed E-state index contributed by atoms with van der Waals surface area (Å²) in [5.74, 6) is 1.29. The van der Waals surface area contributed by atoms with Gasteiger partial charge < -0.3 is 0 Å². The lowest BCUT2D eigenvalue weighted by Gasteiger charge is -2.25. The molecule has 1 atom stereocenters. The van der Waals surface area contributed by atoms with Crippen LogP contribution in [-0.2, 0) is 10.8 Å². The van der Waals surface area contributed by atoms with Crippen LogP contribution in [0.4, 0.5) is 11.4 Å². The van der Waals surface area contributed by atoms with Crippen LogP contribution in [0.25, 0.3) is 0 Å². The largest absolute Gasteiger partial charge is 0.251 e. The van der Waals surface area contributed by atoms with Crippen molar-refractivity contribution < 1.29 is 0 Å².